The average Bonchev–Trinajstić information content (AvgIpc) is 2.72. The predicted molar refractivity (Wildman–Crippen MR) is 64.8 cm³/mol. The normalized spacial score (nSPS) is 22.5. The number of hydrogen-bond acceptors (Lipinski definition) is 6. The molecular formula is C11H16N2O4S. The highest BCUT2D eigenvalue weighted by Gasteiger charge is 2.31. The van der Waals surface area contributed by atoms with Crippen molar-refractivity contribution in [3.8, 4) is 0 Å². The molecule has 1 saturated heterocycles. The molecule has 0 radical (unpaired) electrons. The monoisotopic (exact) mass is 272 g/mol. The molecule has 0 bridgehead atoms. The van der Waals surface area contributed by atoms with Gasteiger partial charge in [-0.2, -0.15) is 0 Å². The molecule has 7 heteroatoms. The zero-order valence-corrected chi connectivity index (χ0v) is 11.2. The Morgan fingerprint density at radius 3 is 2.67 bits per heavy atom. The number of sulfone groups is 1. The number of aromatic nitrogens is 2. The van der Waals surface area contributed by atoms with Crippen LogP contribution < -0.4 is 0 Å². The van der Waals surface area contributed by atoms with Gasteiger partial charge in [0.15, 0.2) is 9.84 Å². The first kappa shape index (κ1) is 13.4. The summed E-state index contributed by atoms with van der Waals surface area (Å²) < 4.78 is 33.1. The van der Waals surface area contributed by atoms with Crippen LogP contribution in [0, 0.1) is 0 Å². The van der Waals surface area contributed by atoms with Gasteiger partial charge < -0.3 is 9.47 Å². The fourth-order valence-electron chi connectivity index (χ4n) is 2.05. The minimum absolute atomic E-state index is 0.121. The number of ether oxygens (including phenoxy) is 2. The lowest BCUT2D eigenvalue weighted by molar-refractivity contribution is -0.108. The van der Waals surface area contributed by atoms with E-state index in [2.05, 4.69) is 9.97 Å². The highest BCUT2D eigenvalue weighted by Crippen LogP contribution is 2.27. The summed E-state index contributed by atoms with van der Waals surface area (Å²) in [6, 6.07) is 1.70. The van der Waals surface area contributed by atoms with Crippen LogP contribution in [0.1, 0.15) is 30.1 Å². The minimum atomic E-state index is -2.93. The highest BCUT2D eigenvalue weighted by atomic mass is 32.2. The van der Waals surface area contributed by atoms with E-state index >= 15 is 0 Å². The van der Waals surface area contributed by atoms with Gasteiger partial charge in [-0.1, -0.05) is 0 Å². The van der Waals surface area contributed by atoms with Gasteiger partial charge in [0.2, 0.25) is 6.29 Å². The van der Waals surface area contributed by atoms with E-state index in [-0.39, 0.29) is 17.4 Å². The Labute approximate surface area is 106 Å². The smallest absolute Gasteiger partial charge is 0.200 e. The molecule has 0 spiro atoms. The first-order chi connectivity index (χ1) is 8.55. The molecular weight excluding hydrogens is 256 g/mol. The van der Waals surface area contributed by atoms with Crippen LogP contribution in [0.25, 0.3) is 0 Å². The van der Waals surface area contributed by atoms with E-state index in [4.69, 9.17) is 9.47 Å². The molecule has 1 unspecified atom stereocenters. The van der Waals surface area contributed by atoms with Crippen molar-refractivity contribution in [2.24, 2.45) is 0 Å². The molecule has 2 rings (SSSR count). The average molecular weight is 272 g/mol. The quantitative estimate of drug-likeness (QED) is 0.750. The van der Waals surface area contributed by atoms with Crippen molar-refractivity contribution >= 4 is 9.84 Å². The Morgan fingerprint density at radius 1 is 1.39 bits per heavy atom. The molecule has 0 saturated carbocycles. The van der Waals surface area contributed by atoms with Gasteiger partial charge in [0.1, 0.15) is 5.82 Å². The SMILES string of the molecule is COC(OC)c1ccnc(C2CCS(=O)(=O)C2)n1. The maximum Gasteiger partial charge on any atom is 0.200 e. The Morgan fingerprint density at radius 2 is 2.11 bits per heavy atom. The second-order valence-electron chi connectivity index (χ2n) is 4.24. The van der Waals surface area contributed by atoms with Crippen molar-refractivity contribution < 1.29 is 17.9 Å². The Hall–Kier alpha value is -1.05. The third-order valence-corrected chi connectivity index (χ3v) is 4.73. The number of rotatable bonds is 4. The molecule has 1 atom stereocenters. The minimum Gasteiger partial charge on any atom is -0.350 e. The van der Waals surface area contributed by atoms with E-state index in [1.165, 1.54) is 14.2 Å². The molecule has 1 aromatic rings. The Bertz CT molecular complexity index is 514. The summed E-state index contributed by atoms with van der Waals surface area (Å²) in [5, 5.41) is 0. The molecule has 0 aromatic carbocycles. The summed E-state index contributed by atoms with van der Waals surface area (Å²) in [5.41, 5.74) is 0.606. The van der Waals surface area contributed by atoms with Gasteiger partial charge in [0.25, 0.3) is 0 Å². The van der Waals surface area contributed by atoms with E-state index in [0.29, 0.717) is 17.9 Å². The third kappa shape index (κ3) is 2.85. The van der Waals surface area contributed by atoms with Gasteiger partial charge in [-0.15, -0.1) is 0 Å². The number of methoxy groups -OCH3 is 2. The second-order valence-corrected chi connectivity index (χ2v) is 6.47. The van der Waals surface area contributed by atoms with Crippen LogP contribution in [-0.2, 0) is 19.3 Å². The Balaban J connectivity index is 2.22. The maximum absolute atomic E-state index is 11.4. The van der Waals surface area contributed by atoms with Crippen LogP contribution in [-0.4, -0.2) is 44.1 Å². The van der Waals surface area contributed by atoms with Gasteiger partial charge >= 0.3 is 0 Å². The van der Waals surface area contributed by atoms with E-state index in [1.807, 2.05) is 0 Å². The lowest BCUT2D eigenvalue weighted by atomic mass is 10.1. The molecule has 1 aliphatic rings. The summed E-state index contributed by atoms with van der Waals surface area (Å²) in [5.74, 6) is 0.765. The molecule has 0 aliphatic carbocycles. The highest BCUT2D eigenvalue weighted by molar-refractivity contribution is 7.91. The molecule has 1 aromatic heterocycles. The predicted octanol–water partition coefficient (Wildman–Crippen LogP) is 0.670. The maximum atomic E-state index is 11.4. The van der Waals surface area contributed by atoms with Gasteiger partial charge in [-0.05, 0) is 12.5 Å². The summed E-state index contributed by atoms with van der Waals surface area (Å²) in [6.07, 6.45) is 1.63. The van der Waals surface area contributed by atoms with E-state index in [0.717, 1.165) is 0 Å². The van der Waals surface area contributed by atoms with Crippen LogP contribution >= 0.6 is 0 Å². The molecule has 0 amide bonds. The van der Waals surface area contributed by atoms with Crippen LogP contribution in [0.5, 0.6) is 0 Å². The molecule has 100 valence electrons. The van der Waals surface area contributed by atoms with Crippen molar-refractivity contribution in [2.45, 2.75) is 18.6 Å². The largest absolute Gasteiger partial charge is 0.350 e. The van der Waals surface area contributed by atoms with Crippen molar-refractivity contribution in [3.05, 3.63) is 23.8 Å². The van der Waals surface area contributed by atoms with Gasteiger partial charge in [0.05, 0.1) is 17.2 Å². The van der Waals surface area contributed by atoms with Crippen molar-refractivity contribution in [2.75, 3.05) is 25.7 Å². The van der Waals surface area contributed by atoms with Crippen molar-refractivity contribution in [3.63, 3.8) is 0 Å². The zero-order valence-electron chi connectivity index (χ0n) is 10.4. The van der Waals surface area contributed by atoms with E-state index in [1.54, 1.807) is 12.3 Å². The van der Waals surface area contributed by atoms with Crippen molar-refractivity contribution in [1.29, 1.82) is 0 Å². The molecule has 0 N–H and O–H groups in total. The van der Waals surface area contributed by atoms with E-state index in [9.17, 15) is 8.42 Å². The molecule has 18 heavy (non-hydrogen) atoms. The number of hydrogen-bond donors (Lipinski definition) is 0. The molecule has 2 heterocycles. The summed E-state index contributed by atoms with van der Waals surface area (Å²) in [7, 11) is 0.117. The molecule has 1 fully saturated rings. The fourth-order valence-corrected chi connectivity index (χ4v) is 3.79. The first-order valence-corrected chi connectivity index (χ1v) is 7.46. The third-order valence-electron chi connectivity index (χ3n) is 2.96. The van der Waals surface area contributed by atoms with Crippen LogP contribution in [0.2, 0.25) is 0 Å². The van der Waals surface area contributed by atoms with Crippen molar-refractivity contribution in [1.82, 2.24) is 9.97 Å². The van der Waals surface area contributed by atoms with Gasteiger partial charge in [-0.3, -0.25) is 0 Å². The summed E-state index contributed by atoms with van der Waals surface area (Å²) in [4.78, 5) is 8.49. The second kappa shape index (κ2) is 5.29. The van der Waals surface area contributed by atoms with E-state index < -0.39 is 16.1 Å². The van der Waals surface area contributed by atoms with Crippen LogP contribution in [0.3, 0.4) is 0 Å². The summed E-state index contributed by atoms with van der Waals surface area (Å²) >= 11 is 0. The van der Waals surface area contributed by atoms with Gasteiger partial charge in [-0.25, -0.2) is 18.4 Å². The standard InChI is InChI=1S/C11H16N2O4S/c1-16-11(17-2)9-3-5-12-10(13-9)8-4-6-18(14,15)7-8/h3,5,8,11H,4,6-7H2,1-2H3. The lowest BCUT2D eigenvalue weighted by Crippen LogP contribution is -2.12. The Kier molecular flexibility index (Phi) is 3.94. The molecule has 6 nitrogen and oxygen atoms in total. The summed E-state index contributed by atoms with van der Waals surface area (Å²) in [6.45, 7) is 0. The first-order valence-electron chi connectivity index (χ1n) is 5.64. The molecule has 1 aliphatic heterocycles. The van der Waals surface area contributed by atoms with Crippen LogP contribution in [0.15, 0.2) is 12.3 Å². The topological polar surface area (TPSA) is 78.4 Å². The number of nitrogens with zero attached hydrogens (tertiary/aromatic N) is 2. The fraction of sp³-hybridized carbons (Fsp3) is 0.636. The zero-order chi connectivity index (χ0) is 13.2. The van der Waals surface area contributed by atoms with Crippen LogP contribution in [0.4, 0.5) is 0 Å². The lowest BCUT2D eigenvalue weighted by Gasteiger charge is -2.14. The van der Waals surface area contributed by atoms with Gasteiger partial charge in [0, 0.05) is 26.3 Å².